The average Bonchev–Trinajstić information content (AvgIpc) is 2.92. The van der Waals surface area contributed by atoms with E-state index in [0.717, 1.165) is 24.3 Å². The van der Waals surface area contributed by atoms with E-state index in [1.165, 1.54) is 11.3 Å². The van der Waals surface area contributed by atoms with Crippen LogP contribution in [0.5, 0.6) is 0 Å². The lowest BCUT2D eigenvalue weighted by Crippen LogP contribution is -2.42. The van der Waals surface area contributed by atoms with E-state index in [1.807, 2.05) is 17.5 Å². The lowest BCUT2D eigenvalue weighted by molar-refractivity contribution is -0.137. The number of piperidine rings is 1. The van der Waals surface area contributed by atoms with Gasteiger partial charge in [-0.3, -0.25) is 9.59 Å². The van der Waals surface area contributed by atoms with Gasteiger partial charge in [0.05, 0.1) is 18.4 Å². The molecule has 1 unspecified atom stereocenters. The van der Waals surface area contributed by atoms with E-state index in [4.69, 9.17) is 5.11 Å². The van der Waals surface area contributed by atoms with Gasteiger partial charge in [-0.1, -0.05) is 6.07 Å². The number of nitrogens with one attached hydrogen (secondary N) is 2. The number of amides is 1. The highest BCUT2D eigenvalue weighted by Crippen LogP contribution is 2.23. The zero-order valence-corrected chi connectivity index (χ0v) is 11.4. The van der Waals surface area contributed by atoms with Crippen molar-refractivity contribution in [1.82, 2.24) is 10.6 Å². The number of carboxylic acid groups (broad SMARTS) is 1. The van der Waals surface area contributed by atoms with Crippen LogP contribution >= 0.6 is 11.3 Å². The van der Waals surface area contributed by atoms with Gasteiger partial charge in [-0.25, -0.2) is 0 Å². The van der Waals surface area contributed by atoms with Gasteiger partial charge in [0.15, 0.2) is 0 Å². The number of carbonyl (C=O) groups is 2. The lowest BCUT2D eigenvalue weighted by atomic mass is 9.98. The number of hydrogen-bond acceptors (Lipinski definition) is 4. The Hall–Kier alpha value is -1.40. The van der Waals surface area contributed by atoms with E-state index >= 15 is 0 Å². The molecular weight excluding hydrogens is 264 g/mol. The first-order valence-corrected chi connectivity index (χ1v) is 7.31. The highest BCUT2D eigenvalue weighted by atomic mass is 32.1. The minimum atomic E-state index is -0.902. The predicted molar refractivity (Wildman–Crippen MR) is 73.0 cm³/mol. The Labute approximate surface area is 116 Å². The van der Waals surface area contributed by atoms with E-state index in [2.05, 4.69) is 10.6 Å². The molecule has 2 heterocycles. The smallest absolute Gasteiger partial charge is 0.305 e. The molecule has 1 aliphatic heterocycles. The second-order valence-electron chi connectivity index (χ2n) is 4.72. The largest absolute Gasteiger partial charge is 0.481 e. The van der Waals surface area contributed by atoms with Crippen LogP contribution in [-0.2, 0) is 9.59 Å². The zero-order chi connectivity index (χ0) is 13.7. The van der Waals surface area contributed by atoms with Gasteiger partial charge in [-0.15, -0.1) is 11.3 Å². The third-order valence-corrected chi connectivity index (χ3v) is 4.24. The molecule has 0 bridgehead atoms. The Kier molecular flexibility index (Phi) is 4.93. The maximum atomic E-state index is 12.1. The summed E-state index contributed by atoms with van der Waals surface area (Å²) in [5, 5.41) is 16.9. The van der Waals surface area contributed by atoms with E-state index in [-0.39, 0.29) is 18.2 Å². The molecule has 1 aromatic rings. The van der Waals surface area contributed by atoms with Crippen molar-refractivity contribution in [3.8, 4) is 0 Å². The van der Waals surface area contributed by atoms with Gasteiger partial charge < -0.3 is 15.7 Å². The maximum absolute atomic E-state index is 12.1. The first-order chi connectivity index (χ1) is 9.16. The van der Waals surface area contributed by atoms with Crippen LogP contribution in [-0.4, -0.2) is 30.1 Å². The molecule has 19 heavy (non-hydrogen) atoms. The number of carbonyl (C=O) groups excluding carboxylic acids is 1. The van der Waals surface area contributed by atoms with Crippen molar-refractivity contribution in [3.63, 3.8) is 0 Å². The molecule has 0 radical (unpaired) electrons. The monoisotopic (exact) mass is 282 g/mol. The van der Waals surface area contributed by atoms with Crippen molar-refractivity contribution in [1.29, 1.82) is 0 Å². The van der Waals surface area contributed by atoms with Gasteiger partial charge in [0.1, 0.15) is 0 Å². The lowest BCUT2D eigenvalue weighted by Gasteiger charge is -2.24. The fourth-order valence-electron chi connectivity index (χ4n) is 2.25. The molecule has 1 saturated heterocycles. The van der Waals surface area contributed by atoms with E-state index < -0.39 is 12.0 Å². The molecule has 0 saturated carbocycles. The van der Waals surface area contributed by atoms with Crippen molar-refractivity contribution in [2.24, 2.45) is 5.92 Å². The predicted octanol–water partition coefficient (Wildman–Crippen LogP) is 1.38. The third kappa shape index (κ3) is 4.04. The summed E-state index contributed by atoms with van der Waals surface area (Å²) in [5.41, 5.74) is 0. The molecule has 2 rings (SSSR count). The van der Waals surface area contributed by atoms with Gasteiger partial charge in [0, 0.05) is 11.4 Å². The van der Waals surface area contributed by atoms with Crippen molar-refractivity contribution < 1.29 is 14.7 Å². The average molecular weight is 282 g/mol. The first kappa shape index (κ1) is 14.0. The Balaban J connectivity index is 1.99. The van der Waals surface area contributed by atoms with E-state index in [1.54, 1.807) is 0 Å². The van der Waals surface area contributed by atoms with Gasteiger partial charge in [-0.05, 0) is 30.8 Å². The standard InChI is InChI=1S/C13H18N2O3S/c16-12(17)7-10(11-4-2-6-19-11)15-13(18)9-3-1-5-14-8-9/h2,4,6,9-10,14H,1,3,5,7-8H2,(H,15,18)(H,16,17)/t9-,10?/m0/s1. The number of carboxylic acids is 1. The molecule has 1 aromatic heterocycles. The number of hydrogen-bond donors (Lipinski definition) is 3. The molecule has 1 amide bonds. The van der Waals surface area contributed by atoms with Crippen LogP contribution in [0, 0.1) is 5.92 Å². The van der Waals surface area contributed by atoms with Crippen LogP contribution in [0.15, 0.2) is 17.5 Å². The van der Waals surface area contributed by atoms with Crippen LogP contribution in [0.3, 0.4) is 0 Å². The van der Waals surface area contributed by atoms with E-state index in [0.29, 0.717) is 6.54 Å². The van der Waals surface area contributed by atoms with Gasteiger partial charge in [0.25, 0.3) is 0 Å². The molecule has 6 heteroatoms. The molecule has 5 nitrogen and oxygen atoms in total. The second-order valence-corrected chi connectivity index (χ2v) is 5.70. The van der Waals surface area contributed by atoms with Crippen molar-refractivity contribution in [2.45, 2.75) is 25.3 Å². The fourth-order valence-corrected chi connectivity index (χ4v) is 3.03. The van der Waals surface area contributed by atoms with Gasteiger partial charge >= 0.3 is 5.97 Å². The minimum absolute atomic E-state index is 0.0492. The molecule has 0 aromatic carbocycles. The van der Waals surface area contributed by atoms with E-state index in [9.17, 15) is 9.59 Å². The second kappa shape index (κ2) is 6.68. The molecule has 0 aliphatic carbocycles. The number of thiophene rings is 1. The molecule has 3 N–H and O–H groups in total. The molecule has 1 aliphatic rings. The highest BCUT2D eigenvalue weighted by Gasteiger charge is 2.25. The van der Waals surface area contributed by atoms with Crippen LogP contribution < -0.4 is 10.6 Å². The Morgan fingerprint density at radius 2 is 2.42 bits per heavy atom. The van der Waals surface area contributed by atoms with Crippen molar-refractivity contribution >= 4 is 23.2 Å². The Bertz CT molecular complexity index is 427. The number of aliphatic carboxylic acids is 1. The quantitative estimate of drug-likeness (QED) is 0.762. The fraction of sp³-hybridized carbons (Fsp3) is 0.538. The summed E-state index contributed by atoms with van der Waals surface area (Å²) < 4.78 is 0. The van der Waals surface area contributed by atoms with Crippen molar-refractivity contribution in [2.75, 3.05) is 13.1 Å². The Morgan fingerprint density at radius 3 is 3.00 bits per heavy atom. The summed E-state index contributed by atoms with van der Waals surface area (Å²) in [6.07, 6.45) is 1.77. The van der Waals surface area contributed by atoms with Crippen LogP contribution in [0.2, 0.25) is 0 Å². The molecule has 2 atom stereocenters. The minimum Gasteiger partial charge on any atom is -0.481 e. The van der Waals surface area contributed by atoms with Gasteiger partial charge in [-0.2, -0.15) is 0 Å². The van der Waals surface area contributed by atoms with Crippen molar-refractivity contribution in [3.05, 3.63) is 22.4 Å². The summed E-state index contributed by atoms with van der Waals surface area (Å²) in [5.74, 6) is -1.00. The Morgan fingerprint density at radius 1 is 1.58 bits per heavy atom. The zero-order valence-electron chi connectivity index (χ0n) is 10.6. The molecule has 104 valence electrons. The first-order valence-electron chi connectivity index (χ1n) is 6.43. The molecular formula is C13H18N2O3S. The topological polar surface area (TPSA) is 78.4 Å². The molecule has 0 spiro atoms. The normalized spacial score (nSPS) is 20.7. The van der Waals surface area contributed by atoms with Crippen LogP contribution in [0.25, 0.3) is 0 Å². The summed E-state index contributed by atoms with van der Waals surface area (Å²) in [4.78, 5) is 23.9. The van der Waals surface area contributed by atoms with Crippen LogP contribution in [0.1, 0.15) is 30.2 Å². The van der Waals surface area contributed by atoms with Crippen LogP contribution in [0.4, 0.5) is 0 Å². The summed E-state index contributed by atoms with van der Waals surface area (Å²) >= 11 is 1.47. The van der Waals surface area contributed by atoms with Gasteiger partial charge in [0.2, 0.25) is 5.91 Å². The highest BCUT2D eigenvalue weighted by molar-refractivity contribution is 7.10. The number of rotatable bonds is 5. The SMILES string of the molecule is O=C(O)CC(NC(=O)[C@H]1CCCNC1)c1cccs1. The molecule has 1 fully saturated rings. The summed E-state index contributed by atoms with van der Waals surface area (Å²) in [6, 6.07) is 3.30. The maximum Gasteiger partial charge on any atom is 0.305 e. The third-order valence-electron chi connectivity index (χ3n) is 3.25. The summed E-state index contributed by atoms with van der Waals surface area (Å²) in [7, 11) is 0. The summed E-state index contributed by atoms with van der Waals surface area (Å²) in [6.45, 7) is 1.63.